The summed E-state index contributed by atoms with van der Waals surface area (Å²) < 4.78 is 68.9. The maximum absolute atomic E-state index is 13.4. The Morgan fingerprint density at radius 2 is 1.88 bits per heavy atom. The Morgan fingerprint density at radius 1 is 1.21 bits per heavy atom. The Morgan fingerprint density at radius 3 is 2.45 bits per heavy atom. The number of alkyl halides is 3. The summed E-state index contributed by atoms with van der Waals surface area (Å²) in [7, 11) is -4.00. The molecule has 0 unspecified atom stereocenters. The van der Waals surface area contributed by atoms with Crippen molar-refractivity contribution in [2.75, 3.05) is 45.6 Å². The molecule has 3 amide bonds. The first kappa shape index (κ1) is 23.8. The van der Waals surface area contributed by atoms with Gasteiger partial charge in [-0.1, -0.05) is 6.07 Å². The van der Waals surface area contributed by atoms with Crippen LogP contribution in [0.4, 0.5) is 18.0 Å². The molecule has 0 aliphatic carbocycles. The fourth-order valence-electron chi connectivity index (χ4n) is 4.81. The number of nitrogens with one attached hydrogen (secondary N) is 1. The third-order valence-electron chi connectivity index (χ3n) is 6.43. The van der Waals surface area contributed by atoms with Gasteiger partial charge in [0, 0.05) is 32.4 Å². The minimum Gasteiger partial charge on any atom is -0.369 e. The van der Waals surface area contributed by atoms with E-state index >= 15 is 0 Å². The molecule has 0 bridgehead atoms. The molecule has 1 N–H and O–H groups in total. The second kappa shape index (κ2) is 8.46. The molecule has 33 heavy (non-hydrogen) atoms. The normalized spacial score (nSPS) is 21.6. The number of sulfone groups is 1. The zero-order valence-electron chi connectivity index (χ0n) is 18.2. The zero-order valence-corrected chi connectivity index (χ0v) is 19.0. The molecular weight excluding hydrogens is 463 g/mol. The molecule has 0 atom stereocenters. The number of hydrogen-bond acceptors (Lipinski definition) is 5. The first-order valence-electron chi connectivity index (χ1n) is 10.7. The van der Waals surface area contributed by atoms with Gasteiger partial charge < -0.3 is 19.9 Å². The summed E-state index contributed by atoms with van der Waals surface area (Å²) in [6, 6.07) is 3.27. The highest BCUT2D eigenvalue weighted by Gasteiger charge is 2.49. The SMILES string of the molecule is CS(=O)(=O)c1ccc(CC2CCN(C(=O)N3CC4(COCC(=O)N4)C3)CC2)cc1C(F)(F)F. The second-order valence-electron chi connectivity index (χ2n) is 9.19. The van der Waals surface area contributed by atoms with Crippen LogP contribution in [0.5, 0.6) is 0 Å². The van der Waals surface area contributed by atoms with Gasteiger partial charge in [0.2, 0.25) is 5.91 Å². The second-order valence-corrected chi connectivity index (χ2v) is 11.2. The lowest BCUT2D eigenvalue weighted by atomic mass is 9.88. The Hall–Kier alpha value is -2.34. The molecule has 1 aromatic carbocycles. The quantitative estimate of drug-likeness (QED) is 0.697. The predicted molar refractivity (Wildman–Crippen MR) is 111 cm³/mol. The Bertz CT molecular complexity index is 1050. The monoisotopic (exact) mass is 489 g/mol. The number of nitrogens with zero attached hydrogens (tertiary/aromatic N) is 2. The number of morpholine rings is 1. The van der Waals surface area contributed by atoms with E-state index in [-0.39, 0.29) is 24.5 Å². The zero-order chi connectivity index (χ0) is 24.0. The molecule has 3 saturated heterocycles. The molecule has 3 heterocycles. The Kier molecular flexibility index (Phi) is 6.10. The molecule has 3 aliphatic rings. The van der Waals surface area contributed by atoms with Gasteiger partial charge in [-0.05, 0) is 42.9 Å². The summed E-state index contributed by atoms with van der Waals surface area (Å²) in [4.78, 5) is 27.0. The maximum Gasteiger partial charge on any atom is 0.417 e. The minimum absolute atomic E-state index is 0.0324. The minimum atomic E-state index is -4.76. The van der Waals surface area contributed by atoms with Gasteiger partial charge in [0.05, 0.1) is 22.6 Å². The number of benzene rings is 1. The molecule has 1 spiro atoms. The van der Waals surface area contributed by atoms with Gasteiger partial charge in [0.15, 0.2) is 9.84 Å². The summed E-state index contributed by atoms with van der Waals surface area (Å²) in [5.41, 5.74) is -1.21. The number of halogens is 3. The van der Waals surface area contributed by atoms with Gasteiger partial charge in [-0.15, -0.1) is 0 Å². The number of amides is 3. The molecule has 0 radical (unpaired) electrons. The van der Waals surface area contributed by atoms with E-state index in [2.05, 4.69) is 5.32 Å². The number of carbonyl (C=O) groups is 2. The standard InChI is InChI=1S/C21H26F3N3O5S/c1-33(30,31)17-3-2-15(9-16(17)21(22,23)24)8-14-4-6-26(7-5-14)19(29)27-11-20(12-27)13-32-10-18(28)25-20/h2-3,9,14H,4-8,10-13H2,1H3,(H,25,28). The fraction of sp³-hybridized carbons (Fsp3) is 0.619. The topological polar surface area (TPSA) is 96.0 Å². The van der Waals surface area contributed by atoms with Gasteiger partial charge in [0.1, 0.15) is 6.61 Å². The van der Waals surface area contributed by atoms with Gasteiger partial charge in [-0.2, -0.15) is 13.2 Å². The largest absolute Gasteiger partial charge is 0.417 e. The van der Waals surface area contributed by atoms with E-state index in [0.29, 0.717) is 57.6 Å². The molecule has 8 nitrogen and oxygen atoms in total. The smallest absolute Gasteiger partial charge is 0.369 e. The van der Waals surface area contributed by atoms with Crippen LogP contribution < -0.4 is 5.32 Å². The number of likely N-dealkylation sites (tertiary alicyclic amines) is 2. The van der Waals surface area contributed by atoms with Crippen molar-refractivity contribution in [3.05, 3.63) is 29.3 Å². The van der Waals surface area contributed by atoms with Crippen LogP contribution in [-0.4, -0.2) is 81.3 Å². The average molecular weight is 490 g/mol. The lowest BCUT2D eigenvalue weighted by Gasteiger charge is -2.52. The third-order valence-corrected chi connectivity index (χ3v) is 7.59. The van der Waals surface area contributed by atoms with E-state index in [1.807, 2.05) is 0 Å². The highest BCUT2D eigenvalue weighted by Crippen LogP contribution is 2.36. The molecule has 3 aliphatic heterocycles. The highest BCUT2D eigenvalue weighted by atomic mass is 32.2. The number of piperidine rings is 1. The predicted octanol–water partition coefficient (Wildman–Crippen LogP) is 1.68. The van der Waals surface area contributed by atoms with Crippen LogP contribution in [0, 0.1) is 5.92 Å². The summed E-state index contributed by atoms with van der Waals surface area (Å²) in [6.45, 7) is 2.18. The Labute approximate surface area is 190 Å². The highest BCUT2D eigenvalue weighted by molar-refractivity contribution is 7.90. The summed E-state index contributed by atoms with van der Waals surface area (Å²) in [5.74, 6) is -0.0969. The van der Waals surface area contributed by atoms with Crippen LogP contribution >= 0.6 is 0 Å². The number of ether oxygens (including phenoxy) is 1. The van der Waals surface area contributed by atoms with Gasteiger partial charge in [0.25, 0.3) is 0 Å². The molecule has 3 fully saturated rings. The van der Waals surface area contributed by atoms with Crippen molar-refractivity contribution < 1.29 is 35.9 Å². The van der Waals surface area contributed by atoms with Crippen LogP contribution in [0.1, 0.15) is 24.0 Å². The van der Waals surface area contributed by atoms with E-state index in [9.17, 15) is 31.2 Å². The van der Waals surface area contributed by atoms with Crippen LogP contribution in [-0.2, 0) is 32.0 Å². The van der Waals surface area contributed by atoms with Crippen molar-refractivity contribution >= 4 is 21.8 Å². The first-order chi connectivity index (χ1) is 15.4. The number of carbonyl (C=O) groups excluding carboxylic acids is 2. The van der Waals surface area contributed by atoms with E-state index in [1.54, 1.807) is 9.80 Å². The Balaban J connectivity index is 1.33. The van der Waals surface area contributed by atoms with Crippen molar-refractivity contribution in [1.29, 1.82) is 0 Å². The molecule has 12 heteroatoms. The third kappa shape index (κ3) is 5.11. The molecule has 0 saturated carbocycles. The maximum atomic E-state index is 13.4. The van der Waals surface area contributed by atoms with Gasteiger partial charge >= 0.3 is 12.2 Å². The first-order valence-corrected chi connectivity index (χ1v) is 12.6. The molecule has 0 aromatic heterocycles. The van der Waals surface area contributed by atoms with Crippen LogP contribution in [0.15, 0.2) is 23.1 Å². The van der Waals surface area contributed by atoms with E-state index in [4.69, 9.17) is 4.74 Å². The van der Waals surface area contributed by atoms with E-state index in [0.717, 1.165) is 18.4 Å². The van der Waals surface area contributed by atoms with Crippen molar-refractivity contribution in [3.63, 3.8) is 0 Å². The van der Waals surface area contributed by atoms with Crippen molar-refractivity contribution in [2.24, 2.45) is 5.92 Å². The van der Waals surface area contributed by atoms with Crippen LogP contribution in [0.25, 0.3) is 0 Å². The van der Waals surface area contributed by atoms with Crippen molar-refractivity contribution in [2.45, 2.75) is 35.9 Å². The average Bonchev–Trinajstić information content (AvgIpc) is 2.70. The van der Waals surface area contributed by atoms with Gasteiger partial charge in [-0.3, -0.25) is 4.79 Å². The summed E-state index contributed by atoms with van der Waals surface area (Å²) in [6.07, 6.45) is -2.34. The van der Waals surface area contributed by atoms with Crippen molar-refractivity contribution in [3.8, 4) is 0 Å². The number of hydrogen-bond donors (Lipinski definition) is 1. The molecule has 4 rings (SSSR count). The van der Waals surface area contributed by atoms with E-state index < -0.39 is 32.0 Å². The lowest BCUT2D eigenvalue weighted by molar-refractivity contribution is -0.141. The number of urea groups is 1. The van der Waals surface area contributed by atoms with Crippen LogP contribution in [0.2, 0.25) is 0 Å². The summed E-state index contributed by atoms with van der Waals surface area (Å²) in [5, 5.41) is 2.89. The lowest BCUT2D eigenvalue weighted by Crippen LogP contribution is -2.76. The van der Waals surface area contributed by atoms with Crippen molar-refractivity contribution in [1.82, 2.24) is 15.1 Å². The molecule has 182 valence electrons. The molecule has 1 aromatic rings. The van der Waals surface area contributed by atoms with Gasteiger partial charge in [-0.25, -0.2) is 13.2 Å². The fourth-order valence-corrected chi connectivity index (χ4v) is 5.70. The number of rotatable bonds is 3. The molecular formula is C21H26F3N3O5S. The van der Waals surface area contributed by atoms with Crippen LogP contribution in [0.3, 0.4) is 0 Å². The summed E-state index contributed by atoms with van der Waals surface area (Å²) >= 11 is 0. The van der Waals surface area contributed by atoms with E-state index in [1.165, 1.54) is 6.07 Å².